The molecular formula is C22H39N3O. The molecule has 0 aromatic heterocycles. The number of nitrogens with zero attached hydrogens (tertiary/aromatic N) is 2. The van der Waals surface area contributed by atoms with E-state index in [-0.39, 0.29) is 0 Å². The summed E-state index contributed by atoms with van der Waals surface area (Å²) in [6.45, 7) is 7.90. The number of carbonyl (C=O) groups excluding carboxylic acids is 1. The smallest absolute Gasteiger partial charge is 0.225 e. The van der Waals surface area contributed by atoms with Gasteiger partial charge in [0.15, 0.2) is 0 Å². The van der Waals surface area contributed by atoms with Gasteiger partial charge >= 0.3 is 0 Å². The van der Waals surface area contributed by atoms with Crippen LogP contribution in [0.5, 0.6) is 0 Å². The molecule has 0 atom stereocenters. The molecule has 4 fully saturated rings. The van der Waals surface area contributed by atoms with Gasteiger partial charge in [-0.2, -0.15) is 0 Å². The summed E-state index contributed by atoms with van der Waals surface area (Å²) in [5, 5.41) is 3.53. The molecule has 4 rings (SSSR count). The molecule has 1 N–H and O–H groups in total. The number of carbonyl (C=O) groups is 1. The highest BCUT2D eigenvalue weighted by Gasteiger charge is 2.37. The Bertz CT molecular complexity index is 450. The molecule has 26 heavy (non-hydrogen) atoms. The highest BCUT2D eigenvalue weighted by atomic mass is 16.2. The van der Waals surface area contributed by atoms with Crippen LogP contribution in [-0.4, -0.2) is 61.5 Å². The fraction of sp³-hybridized carbons (Fsp3) is 0.955. The average Bonchev–Trinajstić information content (AvgIpc) is 2.71. The third kappa shape index (κ3) is 4.44. The van der Waals surface area contributed by atoms with Crippen molar-refractivity contribution in [3.05, 3.63) is 0 Å². The van der Waals surface area contributed by atoms with Gasteiger partial charge in [0.2, 0.25) is 5.91 Å². The van der Waals surface area contributed by atoms with E-state index >= 15 is 0 Å². The second kappa shape index (κ2) is 8.60. The summed E-state index contributed by atoms with van der Waals surface area (Å²) in [6, 6.07) is 0. The van der Waals surface area contributed by atoms with Gasteiger partial charge in [0.05, 0.1) is 0 Å². The van der Waals surface area contributed by atoms with Crippen molar-refractivity contribution in [2.45, 2.75) is 70.6 Å². The van der Waals surface area contributed by atoms with Crippen LogP contribution in [0.1, 0.15) is 70.6 Å². The minimum atomic E-state index is 0.342. The molecule has 2 aliphatic carbocycles. The molecule has 0 aromatic carbocycles. The maximum absolute atomic E-state index is 12.7. The van der Waals surface area contributed by atoms with Crippen LogP contribution in [0.2, 0.25) is 0 Å². The number of amides is 1. The third-order valence-electron chi connectivity index (χ3n) is 7.98. The summed E-state index contributed by atoms with van der Waals surface area (Å²) in [4.78, 5) is 17.6. The van der Waals surface area contributed by atoms with Crippen LogP contribution >= 0.6 is 0 Å². The number of rotatable bonds is 3. The molecule has 148 valence electrons. The van der Waals surface area contributed by atoms with Crippen molar-refractivity contribution in [2.75, 3.05) is 45.8 Å². The highest BCUT2D eigenvalue weighted by molar-refractivity contribution is 5.79. The Kier molecular flexibility index (Phi) is 6.20. The van der Waals surface area contributed by atoms with Gasteiger partial charge in [-0.15, -0.1) is 0 Å². The number of piperidine rings is 1. The Labute approximate surface area is 160 Å². The first-order valence-electron chi connectivity index (χ1n) is 11.5. The lowest BCUT2D eigenvalue weighted by atomic mass is 9.65. The molecule has 0 aromatic rings. The zero-order chi connectivity index (χ0) is 17.8. The summed E-state index contributed by atoms with van der Waals surface area (Å²) in [5.74, 6) is 1.71. The van der Waals surface area contributed by atoms with E-state index in [0.717, 1.165) is 44.9 Å². The van der Waals surface area contributed by atoms with Crippen molar-refractivity contribution in [1.29, 1.82) is 0 Å². The van der Waals surface area contributed by atoms with Crippen LogP contribution in [0.15, 0.2) is 0 Å². The van der Waals surface area contributed by atoms with Crippen LogP contribution < -0.4 is 5.32 Å². The molecule has 4 heteroatoms. The monoisotopic (exact) mass is 361 g/mol. The van der Waals surface area contributed by atoms with Crippen molar-refractivity contribution in [1.82, 2.24) is 15.1 Å². The maximum atomic E-state index is 12.7. The Balaban J connectivity index is 1.18. The molecular weight excluding hydrogens is 322 g/mol. The highest BCUT2D eigenvalue weighted by Crippen LogP contribution is 2.45. The molecule has 4 aliphatic rings. The van der Waals surface area contributed by atoms with Gasteiger partial charge in [-0.25, -0.2) is 0 Å². The Morgan fingerprint density at radius 3 is 2.15 bits per heavy atom. The largest absolute Gasteiger partial charge is 0.340 e. The summed E-state index contributed by atoms with van der Waals surface area (Å²) < 4.78 is 0. The average molecular weight is 362 g/mol. The number of hydrogen-bond acceptors (Lipinski definition) is 3. The standard InChI is InChI=1S/C22H39N3O/c26-21(20-4-2-1-3-5-20)25-16-14-24(15-17-25)18-19-6-8-22(9-7-19)10-12-23-13-11-22/h19-20,23H,1-18H2. The van der Waals surface area contributed by atoms with E-state index in [0.29, 0.717) is 17.2 Å². The summed E-state index contributed by atoms with van der Waals surface area (Å²) in [7, 11) is 0. The second-order valence-corrected chi connectivity index (χ2v) is 9.65. The van der Waals surface area contributed by atoms with Gasteiger partial charge in [0.25, 0.3) is 0 Å². The molecule has 4 nitrogen and oxygen atoms in total. The fourth-order valence-electron chi connectivity index (χ4n) is 6.05. The van der Waals surface area contributed by atoms with Crippen molar-refractivity contribution in [2.24, 2.45) is 17.3 Å². The van der Waals surface area contributed by atoms with Gasteiger partial charge in [-0.1, -0.05) is 19.3 Å². The Hall–Kier alpha value is -0.610. The van der Waals surface area contributed by atoms with Crippen LogP contribution in [0.3, 0.4) is 0 Å². The van der Waals surface area contributed by atoms with Crippen molar-refractivity contribution in [3.8, 4) is 0 Å². The zero-order valence-corrected chi connectivity index (χ0v) is 16.7. The van der Waals surface area contributed by atoms with Crippen molar-refractivity contribution in [3.63, 3.8) is 0 Å². The first kappa shape index (κ1) is 18.7. The first-order chi connectivity index (χ1) is 12.7. The van der Waals surface area contributed by atoms with Gasteiger partial charge in [-0.3, -0.25) is 9.69 Å². The maximum Gasteiger partial charge on any atom is 0.225 e. The predicted molar refractivity (Wildman–Crippen MR) is 106 cm³/mol. The lowest BCUT2D eigenvalue weighted by molar-refractivity contribution is -0.138. The van der Waals surface area contributed by atoms with Crippen LogP contribution in [0.4, 0.5) is 0 Å². The predicted octanol–water partition coefficient (Wildman–Crippen LogP) is 3.27. The number of nitrogens with one attached hydrogen (secondary N) is 1. The van der Waals surface area contributed by atoms with Crippen LogP contribution in [0.25, 0.3) is 0 Å². The van der Waals surface area contributed by atoms with E-state index < -0.39 is 0 Å². The van der Waals surface area contributed by atoms with Crippen molar-refractivity contribution < 1.29 is 4.79 Å². The summed E-state index contributed by atoms with van der Waals surface area (Å²) >= 11 is 0. The van der Waals surface area contributed by atoms with Gasteiger partial charge in [0, 0.05) is 38.6 Å². The molecule has 1 spiro atoms. The third-order valence-corrected chi connectivity index (χ3v) is 7.98. The number of hydrogen-bond donors (Lipinski definition) is 1. The molecule has 1 amide bonds. The Morgan fingerprint density at radius 1 is 0.846 bits per heavy atom. The van der Waals surface area contributed by atoms with Gasteiger partial charge in [-0.05, 0) is 75.8 Å². The molecule has 0 radical (unpaired) electrons. The lowest BCUT2D eigenvalue weighted by Crippen LogP contribution is -2.51. The normalized spacial score (nSPS) is 29.2. The summed E-state index contributed by atoms with van der Waals surface area (Å²) in [6.07, 6.45) is 14.7. The van der Waals surface area contributed by atoms with Crippen LogP contribution in [0, 0.1) is 17.3 Å². The van der Waals surface area contributed by atoms with E-state index in [9.17, 15) is 4.79 Å². The fourth-order valence-corrected chi connectivity index (χ4v) is 6.05. The van der Waals surface area contributed by atoms with E-state index in [1.54, 1.807) is 0 Å². The van der Waals surface area contributed by atoms with Gasteiger partial charge < -0.3 is 10.2 Å². The lowest BCUT2D eigenvalue weighted by Gasteiger charge is -2.45. The summed E-state index contributed by atoms with van der Waals surface area (Å²) in [5.41, 5.74) is 0.687. The van der Waals surface area contributed by atoms with E-state index in [1.807, 2.05) is 0 Å². The quantitative estimate of drug-likeness (QED) is 0.838. The molecule has 2 saturated carbocycles. The molecule has 2 aliphatic heterocycles. The van der Waals surface area contributed by atoms with E-state index in [2.05, 4.69) is 15.1 Å². The topological polar surface area (TPSA) is 35.6 Å². The zero-order valence-electron chi connectivity index (χ0n) is 16.7. The molecule has 2 heterocycles. The van der Waals surface area contributed by atoms with E-state index in [4.69, 9.17) is 0 Å². The van der Waals surface area contributed by atoms with Gasteiger partial charge in [0.1, 0.15) is 0 Å². The van der Waals surface area contributed by atoms with E-state index in [1.165, 1.54) is 77.4 Å². The van der Waals surface area contributed by atoms with Crippen LogP contribution in [-0.2, 0) is 4.79 Å². The number of piperazine rings is 1. The first-order valence-corrected chi connectivity index (χ1v) is 11.5. The minimum absolute atomic E-state index is 0.342. The molecule has 2 saturated heterocycles. The minimum Gasteiger partial charge on any atom is -0.340 e. The molecule has 0 bridgehead atoms. The van der Waals surface area contributed by atoms with Crippen molar-refractivity contribution >= 4 is 5.91 Å². The second-order valence-electron chi connectivity index (χ2n) is 9.65. The molecule has 0 unspecified atom stereocenters. The SMILES string of the molecule is O=C(C1CCCCC1)N1CCN(CC2CCC3(CCNCC3)CC2)CC1. The Morgan fingerprint density at radius 2 is 1.50 bits per heavy atom.